The lowest BCUT2D eigenvalue weighted by atomic mass is 9.78. The maximum absolute atomic E-state index is 12.5. The molecule has 1 aliphatic rings. The van der Waals surface area contributed by atoms with Gasteiger partial charge in [-0.15, -0.1) is 0 Å². The molecule has 0 radical (unpaired) electrons. The average molecular weight is 275 g/mol. The Kier molecular flexibility index (Phi) is 5.18. The molecule has 0 heterocycles. The van der Waals surface area contributed by atoms with Crippen LogP contribution < -0.4 is 10.5 Å². The van der Waals surface area contributed by atoms with Gasteiger partial charge < -0.3 is 10.5 Å². The van der Waals surface area contributed by atoms with E-state index in [2.05, 4.69) is 6.92 Å². The molecule has 1 fully saturated rings. The molecule has 20 heavy (non-hydrogen) atoms. The molecule has 110 valence electrons. The Bertz CT molecular complexity index is 450. The van der Waals surface area contributed by atoms with Gasteiger partial charge in [0.05, 0.1) is 12.2 Å². The molecule has 0 bridgehead atoms. The summed E-state index contributed by atoms with van der Waals surface area (Å²) in [4.78, 5) is 12.5. The Morgan fingerprint density at radius 2 is 1.95 bits per heavy atom. The molecular weight excluding hydrogens is 250 g/mol. The summed E-state index contributed by atoms with van der Waals surface area (Å²) in [6, 6.07) is 7.50. The molecule has 1 aromatic carbocycles. The topological polar surface area (TPSA) is 52.3 Å². The predicted octanol–water partition coefficient (Wildman–Crippen LogP) is 3.71. The molecule has 0 aliphatic heterocycles. The van der Waals surface area contributed by atoms with Crippen molar-refractivity contribution in [1.29, 1.82) is 0 Å². The van der Waals surface area contributed by atoms with Crippen LogP contribution in [0.15, 0.2) is 24.3 Å². The lowest BCUT2D eigenvalue weighted by Gasteiger charge is -2.32. The fourth-order valence-electron chi connectivity index (χ4n) is 2.88. The van der Waals surface area contributed by atoms with Crippen molar-refractivity contribution in [3.63, 3.8) is 0 Å². The number of hydrogen-bond acceptors (Lipinski definition) is 3. The summed E-state index contributed by atoms with van der Waals surface area (Å²) in [5.41, 5.74) is 6.75. The van der Waals surface area contributed by atoms with E-state index in [4.69, 9.17) is 10.5 Å². The average Bonchev–Trinajstić information content (AvgIpc) is 2.45. The van der Waals surface area contributed by atoms with Gasteiger partial charge in [0, 0.05) is 12.0 Å². The van der Waals surface area contributed by atoms with Gasteiger partial charge in [0.15, 0.2) is 5.78 Å². The normalized spacial score (nSPS) is 17.7. The molecular formula is C17H25NO2. The fourth-order valence-corrected chi connectivity index (χ4v) is 2.88. The first-order chi connectivity index (χ1) is 9.64. The Balaban J connectivity index is 2.08. The zero-order chi connectivity index (χ0) is 14.4. The number of rotatable bonds is 6. The number of nitrogens with two attached hydrogens (primary N) is 1. The van der Waals surface area contributed by atoms with Gasteiger partial charge in [-0.25, -0.2) is 0 Å². The van der Waals surface area contributed by atoms with Gasteiger partial charge in [0.2, 0.25) is 0 Å². The van der Waals surface area contributed by atoms with Crippen molar-refractivity contribution in [2.24, 2.45) is 5.73 Å². The van der Waals surface area contributed by atoms with E-state index in [1.807, 2.05) is 24.3 Å². The van der Waals surface area contributed by atoms with E-state index >= 15 is 0 Å². The molecule has 1 saturated carbocycles. The molecule has 3 heteroatoms. The minimum Gasteiger partial charge on any atom is -0.493 e. The van der Waals surface area contributed by atoms with Gasteiger partial charge in [0.25, 0.3) is 0 Å². The zero-order valence-corrected chi connectivity index (χ0v) is 12.4. The standard InChI is InChI=1S/C17H25NO2/c1-2-12-20-16-9-5-4-8-14(16)15(19)13-17(18)10-6-3-7-11-17/h4-5,8-9H,2-3,6-7,10-13,18H2,1H3. The number of hydrogen-bond donors (Lipinski definition) is 1. The van der Waals surface area contributed by atoms with Crippen molar-refractivity contribution in [2.45, 2.75) is 57.4 Å². The molecule has 0 saturated heterocycles. The van der Waals surface area contributed by atoms with Crippen molar-refractivity contribution in [3.8, 4) is 5.75 Å². The van der Waals surface area contributed by atoms with Crippen LogP contribution in [0.5, 0.6) is 5.75 Å². The number of carbonyl (C=O) groups is 1. The number of carbonyl (C=O) groups excluding carboxylic acids is 1. The van der Waals surface area contributed by atoms with Crippen LogP contribution in [0.4, 0.5) is 0 Å². The summed E-state index contributed by atoms with van der Waals surface area (Å²) in [5.74, 6) is 0.805. The van der Waals surface area contributed by atoms with Crippen molar-refractivity contribution in [2.75, 3.05) is 6.61 Å². The SMILES string of the molecule is CCCOc1ccccc1C(=O)CC1(N)CCCCC1. The third kappa shape index (κ3) is 3.83. The molecule has 1 aromatic rings. The quantitative estimate of drug-likeness (QED) is 0.805. The van der Waals surface area contributed by atoms with Gasteiger partial charge in [-0.2, -0.15) is 0 Å². The minimum atomic E-state index is -0.312. The largest absolute Gasteiger partial charge is 0.493 e. The summed E-state index contributed by atoms with van der Waals surface area (Å²) in [7, 11) is 0. The van der Waals surface area contributed by atoms with E-state index in [1.54, 1.807) is 0 Å². The van der Waals surface area contributed by atoms with Crippen LogP contribution in [0.1, 0.15) is 62.2 Å². The molecule has 3 nitrogen and oxygen atoms in total. The molecule has 0 amide bonds. The van der Waals surface area contributed by atoms with Crippen LogP contribution in [-0.2, 0) is 0 Å². The zero-order valence-electron chi connectivity index (χ0n) is 12.4. The number of ether oxygens (including phenoxy) is 1. The Morgan fingerprint density at radius 3 is 2.65 bits per heavy atom. The number of Topliss-reactive ketones (excluding diaryl/α,β-unsaturated/α-hetero) is 1. The molecule has 2 N–H and O–H groups in total. The lowest BCUT2D eigenvalue weighted by molar-refractivity contribution is 0.0930. The van der Waals surface area contributed by atoms with Gasteiger partial charge in [-0.3, -0.25) is 4.79 Å². The molecule has 0 unspecified atom stereocenters. The number of benzene rings is 1. The third-order valence-corrected chi connectivity index (χ3v) is 4.01. The van der Waals surface area contributed by atoms with E-state index < -0.39 is 0 Å². The van der Waals surface area contributed by atoms with E-state index in [0.29, 0.717) is 24.3 Å². The predicted molar refractivity (Wildman–Crippen MR) is 81.2 cm³/mol. The second-order valence-corrected chi connectivity index (χ2v) is 5.87. The van der Waals surface area contributed by atoms with Crippen LogP contribution >= 0.6 is 0 Å². The van der Waals surface area contributed by atoms with Crippen LogP contribution in [0, 0.1) is 0 Å². The fraction of sp³-hybridized carbons (Fsp3) is 0.588. The van der Waals surface area contributed by atoms with Crippen LogP contribution in [-0.4, -0.2) is 17.9 Å². The third-order valence-electron chi connectivity index (χ3n) is 4.01. The summed E-state index contributed by atoms with van der Waals surface area (Å²) in [6.07, 6.45) is 6.79. The molecule has 0 atom stereocenters. The molecule has 0 aromatic heterocycles. The summed E-state index contributed by atoms with van der Waals surface area (Å²) in [6.45, 7) is 2.69. The minimum absolute atomic E-state index is 0.112. The van der Waals surface area contributed by atoms with Gasteiger partial charge in [-0.1, -0.05) is 38.3 Å². The van der Waals surface area contributed by atoms with E-state index in [0.717, 1.165) is 32.1 Å². The smallest absolute Gasteiger partial charge is 0.168 e. The highest BCUT2D eigenvalue weighted by Gasteiger charge is 2.31. The second-order valence-electron chi connectivity index (χ2n) is 5.87. The van der Waals surface area contributed by atoms with Crippen LogP contribution in [0.2, 0.25) is 0 Å². The summed E-state index contributed by atoms with van der Waals surface area (Å²) < 4.78 is 5.67. The van der Waals surface area contributed by atoms with Crippen molar-refractivity contribution in [3.05, 3.63) is 29.8 Å². The highest BCUT2D eigenvalue weighted by atomic mass is 16.5. The van der Waals surface area contributed by atoms with Crippen molar-refractivity contribution in [1.82, 2.24) is 0 Å². The maximum Gasteiger partial charge on any atom is 0.168 e. The van der Waals surface area contributed by atoms with E-state index in [1.165, 1.54) is 6.42 Å². The Hall–Kier alpha value is -1.35. The van der Waals surface area contributed by atoms with E-state index in [9.17, 15) is 4.79 Å². The van der Waals surface area contributed by atoms with Crippen LogP contribution in [0.3, 0.4) is 0 Å². The second kappa shape index (κ2) is 6.89. The molecule has 0 spiro atoms. The molecule has 1 aliphatic carbocycles. The number of ketones is 1. The van der Waals surface area contributed by atoms with Crippen LogP contribution in [0.25, 0.3) is 0 Å². The maximum atomic E-state index is 12.5. The van der Waals surface area contributed by atoms with Crippen molar-refractivity contribution >= 4 is 5.78 Å². The lowest BCUT2D eigenvalue weighted by Crippen LogP contribution is -2.43. The molecule has 2 rings (SSSR count). The Morgan fingerprint density at radius 1 is 1.25 bits per heavy atom. The van der Waals surface area contributed by atoms with E-state index in [-0.39, 0.29) is 11.3 Å². The van der Waals surface area contributed by atoms with Gasteiger partial charge >= 0.3 is 0 Å². The van der Waals surface area contributed by atoms with Gasteiger partial charge in [0.1, 0.15) is 5.75 Å². The van der Waals surface area contributed by atoms with Crippen molar-refractivity contribution < 1.29 is 9.53 Å². The summed E-state index contributed by atoms with van der Waals surface area (Å²) >= 11 is 0. The highest BCUT2D eigenvalue weighted by Crippen LogP contribution is 2.31. The monoisotopic (exact) mass is 275 g/mol. The summed E-state index contributed by atoms with van der Waals surface area (Å²) in [5, 5.41) is 0. The first-order valence-corrected chi connectivity index (χ1v) is 7.68. The highest BCUT2D eigenvalue weighted by molar-refractivity contribution is 5.99. The first kappa shape index (κ1) is 15.0. The van der Waals surface area contributed by atoms with Gasteiger partial charge in [-0.05, 0) is 31.4 Å². The number of para-hydroxylation sites is 1. The Labute approximate surface area is 121 Å². The first-order valence-electron chi connectivity index (χ1n) is 7.68.